The fraction of sp³-hybridized carbons (Fsp3) is 0.574. The lowest BCUT2D eigenvalue weighted by Gasteiger charge is -2.34. The van der Waals surface area contributed by atoms with Gasteiger partial charge in [-0.05, 0) is 115 Å². The van der Waals surface area contributed by atoms with E-state index in [1.54, 1.807) is 17.2 Å². The van der Waals surface area contributed by atoms with Crippen molar-refractivity contribution in [1.82, 2.24) is 10.2 Å². The molecule has 300 valence electrons. The predicted molar refractivity (Wildman–Crippen MR) is 241 cm³/mol. The second kappa shape index (κ2) is 35.5. The van der Waals surface area contributed by atoms with Crippen molar-refractivity contribution >= 4 is 23.4 Å². The van der Waals surface area contributed by atoms with Gasteiger partial charge in [-0.15, -0.1) is 6.58 Å². The van der Waals surface area contributed by atoms with E-state index in [1.165, 1.54) is 69.0 Å². The highest BCUT2D eigenvalue weighted by Crippen LogP contribution is 2.30. The highest BCUT2D eigenvalue weighted by molar-refractivity contribution is 6.13. The topological polar surface area (TPSA) is 60.0 Å². The molecule has 4 rings (SSSR count). The summed E-state index contributed by atoms with van der Waals surface area (Å²) in [5.41, 5.74) is 8.25. The minimum atomic E-state index is 0.610. The summed E-state index contributed by atoms with van der Waals surface area (Å²) < 4.78 is 0. The number of carbonyl (C=O) groups is 1. The molecule has 0 radical (unpaired) electrons. The molecule has 6 nitrogen and oxygen atoms in total. The number of likely N-dealkylation sites (N-methyl/N-ethyl adjacent to an activating group) is 2. The van der Waals surface area contributed by atoms with E-state index in [9.17, 15) is 4.79 Å². The molecule has 1 heterocycles. The molecule has 0 spiro atoms. The largest absolute Gasteiger partial charge is 0.369 e. The fourth-order valence-electron chi connectivity index (χ4n) is 5.22. The monoisotopic (exact) mass is 732 g/mol. The van der Waals surface area contributed by atoms with Crippen molar-refractivity contribution in [1.29, 1.82) is 0 Å². The van der Waals surface area contributed by atoms with Crippen molar-refractivity contribution < 1.29 is 4.79 Å². The molecule has 0 atom stereocenters. The van der Waals surface area contributed by atoms with Gasteiger partial charge in [-0.2, -0.15) is 0 Å². The van der Waals surface area contributed by atoms with Crippen LogP contribution in [0.25, 0.3) is 0 Å². The first-order valence-electron chi connectivity index (χ1n) is 20.8. The van der Waals surface area contributed by atoms with Gasteiger partial charge in [0.1, 0.15) is 5.82 Å². The fourth-order valence-corrected chi connectivity index (χ4v) is 5.22. The van der Waals surface area contributed by atoms with Crippen LogP contribution in [-0.2, 0) is 4.79 Å². The Balaban J connectivity index is 0. The number of carbonyl (C=O) groups excluding carboxylic acids is 1. The van der Waals surface area contributed by atoms with Gasteiger partial charge in [0, 0.05) is 55.4 Å². The standard InChI is InChI=1S/C21H30N4O.C15H24.C4H9N.C3H6.2C2H6/c1-5-7-21(22-17(3)18(6-2)16-26)23-19-8-10-20(11-9-19)25-14-12-24(4)13-15-25;1-4-7-13(3)11-12-15-10-6-9-14(15)8-5-2;1-3-4-5-2;1-2-3-1;2*1-2/h6-11,16,23H,5,12-15H2,1-4H3;8,11-12H,4-7,9-10H2,1-3H3;3,5H,1,4H2,2H3;1-3H2;2*1-2H3/b18-6-,21-7-,22-17-;13-11+,14-8-,15-12-;;;;. The molecular weight excluding hydrogens is 651 g/mol. The second-order valence-corrected chi connectivity index (χ2v) is 12.9. The zero-order valence-corrected chi connectivity index (χ0v) is 36.4. The number of aldehydes is 1. The smallest absolute Gasteiger partial charge is 0.151 e. The molecule has 3 fully saturated rings. The summed E-state index contributed by atoms with van der Waals surface area (Å²) >= 11 is 0. The number of piperazine rings is 1. The summed E-state index contributed by atoms with van der Waals surface area (Å²) in [5, 5.41) is 6.25. The number of allylic oxidation sites excluding steroid dienone is 9. The Bertz CT molecular complexity index is 1250. The van der Waals surface area contributed by atoms with Crippen molar-refractivity contribution in [2.24, 2.45) is 4.99 Å². The number of benzene rings is 1. The van der Waals surface area contributed by atoms with Gasteiger partial charge in [0.2, 0.25) is 0 Å². The van der Waals surface area contributed by atoms with E-state index in [0.29, 0.717) is 11.3 Å². The molecule has 2 saturated carbocycles. The lowest BCUT2D eigenvalue weighted by molar-refractivity contribution is -0.104. The van der Waals surface area contributed by atoms with Crippen molar-refractivity contribution in [2.45, 2.75) is 133 Å². The highest BCUT2D eigenvalue weighted by Gasteiger charge is 2.14. The van der Waals surface area contributed by atoms with Gasteiger partial charge in [0.15, 0.2) is 6.29 Å². The number of aliphatic imine (C=N–C) groups is 1. The third-order valence-corrected chi connectivity index (χ3v) is 8.22. The van der Waals surface area contributed by atoms with Crippen molar-refractivity contribution in [3.8, 4) is 0 Å². The summed E-state index contributed by atoms with van der Waals surface area (Å²) in [6.07, 6.45) is 26.5. The van der Waals surface area contributed by atoms with Crippen LogP contribution in [0.1, 0.15) is 133 Å². The number of nitrogens with zero attached hydrogens (tertiary/aromatic N) is 3. The molecular formula is C47H81N5O. The molecule has 2 N–H and O–H groups in total. The zero-order valence-electron chi connectivity index (χ0n) is 36.4. The molecule has 1 aromatic rings. The molecule has 0 amide bonds. The molecule has 1 aromatic carbocycles. The molecule has 2 aliphatic carbocycles. The van der Waals surface area contributed by atoms with Crippen LogP contribution in [0.15, 0.2) is 100 Å². The van der Waals surface area contributed by atoms with E-state index >= 15 is 0 Å². The van der Waals surface area contributed by atoms with Crippen LogP contribution >= 0.6 is 0 Å². The van der Waals surface area contributed by atoms with Crippen LogP contribution in [0, 0.1) is 0 Å². The van der Waals surface area contributed by atoms with Gasteiger partial charge >= 0.3 is 0 Å². The van der Waals surface area contributed by atoms with E-state index in [1.807, 2.05) is 60.7 Å². The maximum Gasteiger partial charge on any atom is 0.151 e. The number of anilines is 2. The Labute approximate surface area is 328 Å². The first-order chi connectivity index (χ1) is 25.8. The van der Waals surface area contributed by atoms with Crippen LogP contribution in [0.5, 0.6) is 0 Å². The van der Waals surface area contributed by atoms with Gasteiger partial charge in [-0.1, -0.05) is 110 Å². The normalized spacial score (nSPS) is 17.3. The number of hydrogen-bond acceptors (Lipinski definition) is 6. The SMILES string of the molecule is C1CC1.C=CCNC.CC.CC.CC/C=C1/CCC/C1=C/C=C(\C)CCC.C\C=C(C=O)/C(C)=N\C(=C\CC)Nc1ccc(N2CCN(C)CC2)cc1. The Morgan fingerprint density at radius 2 is 1.49 bits per heavy atom. The molecule has 1 aliphatic heterocycles. The summed E-state index contributed by atoms with van der Waals surface area (Å²) in [6, 6.07) is 8.46. The highest BCUT2D eigenvalue weighted by atomic mass is 16.1. The minimum absolute atomic E-state index is 0.610. The van der Waals surface area contributed by atoms with E-state index in [2.05, 4.69) is 109 Å². The molecule has 6 heteroatoms. The van der Waals surface area contributed by atoms with Crippen molar-refractivity contribution in [3.05, 3.63) is 95.4 Å². The Hall–Kier alpha value is -3.48. The molecule has 0 bridgehead atoms. The van der Waals surface area contributed by atoms with E-state index in [0.717, 1.165) is 56.9 Å². The Morgan fingerprint density at radius 1 is 0.887 bits per heavy atom. The Kier molecular flexibility index (Phi) is 34.6. The predicted octanol–water partition coefficient (Wildman–Crippen LogP) is 12.5. The van der Waals surface area contributed by atoms with Crippen LogP contribution in [0.3, 0.4) is 0 Å². The lowest BCUT2D eigenvalue weighted by Crippen LogP contribution is -2.44. The third kappa shape index (κ3) is 26.0. The van der Waals surface area contributed by atoms with E-state index in [4.69, 9.17) is 0 Å². The van der Waals surface area contributed by atoms with E-state index in [-0.39, 0.29) is 0 Å². The average Bonchev–Trinajstić information content (AvgIpc) is 4.01. The molecule has 3 aliphatic rings. The molecule has 0 unspecified atom stereocenters. The zero-order chi connectivity index (χ0) is 40.3. The van der Waals surface area contributed by atoms with Crippen LogP contribution in [-0.4, -0.2) is 63.7 Å². The Morgan fingerprint density at radius 3 is 1.94 bits per heavy atom. The summed E-state index contributed by atoms with van der Waals surface area (Å²) in [6.45, 7) is 29.2. The first kappa shape index (κ1) is 51.6. The lowest BCUT2D eigenvalue weighted by atomic mass is 10.1. The molecule has 1 saturated heterocycles. The van der Waals surface area contributed by atoms with Crippen molar-refractivity contribution in [3.63, 3.8) is 0 Å². The number of nitrogens with one attached hydrogen (secondary N) is 2. The summed E-state index contributed by atoms with van der Waals surface area (Å²) in [4.78, 5) is 20.4. The second-order valence-electron chi connectivity index (χ2n) is 12.9. The quantitative estimate of drug-likeness (QED) is 0.0915. The van der Waals surface area contributed by atoms with Crippen LogP contribution < -0.4 is 15.5 Å². The average molecular weight is 732 g/mol. The van der Waals surface area contributed by atoms with Crippen LogP contribution in [0.4, 0.5) is 11.4 Å². The van der Waals surface area contributed by atoms with Gasteiger partial charge < -0.3 is 20.4 Å². The summed E-state index contributed by atoms with van der Waals surface area (Å²) in [5.74, 6) is 0.763. The molecule has 53 heavy (non-hydrogen) atoms. The van der Waals surface area contributed by atoms with Crippen molar-refractivity contribution in [2.75, 3.05) is 57.0 Å². The first-order valence-corrected chi connectivity index (χ1v) is 20.8. The minimum Gasteiger partial charge on any atom is -0.369 e. The van der Waals surface area contributed by atoms with Gasteiger partial charge in [0.25, 0.3) is 0 Å². The van der Waals surface area contributed by atoms with E-state index < -0.39 is 0 Å². The van der Waals surface area contributed by atoms with Gasteiger partial charge in [-0.3, -0.25) is 4.79 Å². The number of rotatable bonds is 13. The maximum absolute atomic E-state index is 11.1. The molecule has 0 aromatic heterocycles. The van der Waals surface area contributed by atoms with Gasteiger partial charge in [-0.25, -0.2) is 4.99 Å². The number of hydrogen-bond donors (Lipinski definition) is 2. The third-order valence-electron chi connectivity index (χ3n) is 8.22. The summed E-state index contributed by atoms with van der Waals surface area (Å²) in [7, 11) is 4.06. The maximum atomic E-state index is 11.1. The van der Waals surface area contributed by atoms with Gasteiger partial charge in [0.05, 0.1) is 0 Å². The van der Waals surface area contributed by atoms with Crippen LogP contribution in [0.2, 0.25) is 0 Å².